The van der Waals surface area contributed by atoms with E-state index in [2.05, 4.69) is 21.2 Å². The first-order chi connectivity index (χ1) is 11.5. The number of carbonyl (C=O) groups is 2. The van der Waals surface area contributed by atoms with Gasteiger partial charge in [-0.2, -0.15) is 0 Å². The molecule has 0 aromatic heterocycles. The smallest absolute Gasteiger partial charge is 0.338 e. The Kier molecular flexibility index (Phi) is 6.63. The predicted octanol–water partition coefficient (Wildman–Crippen LogP) is 3.58. The maximum absolute atomic E-state index is 11.9. The van der Waals surface area contributed by atoms with Gasteiger partial charge in [-0.05, 0) is 45.8 Å². The molecule has 0 saturated carbocycles. The lowest BCUT2D eigenvalue weighted by Crippen LogP contribution is -2.28. The first kappa shape index (κ1) is 18.3. The lowest BCUT2D eigenvalue weighted by Gasteiger charge is -2.09. The van der Waals surface area contributed by atoms with E-state index in [1.165, 1.54) is 7.11 Å². The second kappa shape index (κ2) is 8.70. The molecule has 2 rings (SSSR count). The van der Waals surface area contributed by atoms with Crippen LogP contribution in [0, 0.1) is 0 Å². The minimum absolute atomic E-state index is 0.268. The zero-order valence-corrected chi connectivity index (χ0v) is 15.2. The molecule has 0 saturated heterocycles. The van der Waals surface area contributed by atoms with Gasteiger partial charge < -0.3 is 14.8 Å². The third-order valence-electron chi connectivity index (χ3n) is 3.16. The molecule has 1 N–H and O–H groups in total. The molecule has 0 atom stereocenters. The van der Waals surface area contributed by atoms with Crippen LogP contribution in [0.25, 0.3) is 0 Å². The second-order valence-corrected chi connectivity index (χ2v) is 6.06. The molecule has 0 aliphatic carbocycles. The van der Waals surface area contributed by atoms with E-state index in [1.807, 2.05) is 18.2 Å². The van der Waals surface area contributed by atoms with Crippen molar-refractivity contribution in [1.82, 2.24) is 5.32 Å². The lowest BCUT2D eigenvalue weighted by atomic mass is 10.2. The number of nitrogens with one attached hydrogen (secondary N) is 1. The van der Waals surface area contributed by atoms with E-state index < -0.39 is 11.9 Å². The zero-order chi connectivity index (χ0) is 17.5. The molecule has 0 fully saturated rings. The summed E-state index contributed by atoms with van der Waals surface area (Å²) in [5.74, 6) is -0.397. The van der Waals surface area contributed by atoms with Gasteiger partial charge in [0.2, 0.25) is 0 Å². The fraction of sp³-hybridized carbons (Fsp3) is 0.176. The summed E-state index contributed by atoms with van der Waals surface area (Å²) in [4.78, 5) is 23.7. The Hall–Kier alpha value is -2.05. The van der Waals surface area contributed by atoms with Crippen LogP contribution < -0.4 is 10.1 Å². The van der Waals surface area contributed by atoms with Gasteiger partial charge in [0, 0.05) is 11.6 Å². The summed E-state index contributed by atoms with van der Waals surface area (Å²) in [6, 6.07) is 12.0. The maximum atomic E-state index is 11.9. The van der Waals surface area contributed by atoms with Gasteiger partial charge >= 0.3 is 5.97 Å². The number of rotatable bonds is 6. The Morgan fingerprint density at radius 3 is 2.62 bits per heavy atom. The standard InChI is InChI=1S/C17H15BrClNO4/c1-23-15-7-6-11(8-13(15)18)17(22)24-10-16(21)20-9-12-4-2-3-5-14(12)19/h2-8H,9-10H2,1H3,(H,20,21). The van der Waals surface area contributed by atoms with Crippen LogP contribution in [0.3, 0.4) is 0 Å². The Morgan fingerprint density at radius 2 is 1.96 bits per heavy atom. The number of benzene rings is 2. The summed E-state index contributed by atoms with van der Waals surface area (Å²) in [6.45, 7) is -0.100. The first-order valence-electron chi connectivity index (χ1n) is 7.02. The van der Waals surface area contributed by atoms with E-state index >= 15 is 0 Å². The molecule has 0 spiro atoms. The van der Waals surface area contributed by atoms with Gasteiger partial charge in [-0.15, -0.1) is 0 Å². The topological polar surface area (TPSA) is 64.6 Å². The molecule has 126 valence electrons. The molecule has 0 heterocycles. The van der Waals surface area contributed by atoms with Crippen LogP contribution in [0.4, 0.5) is 0 Å². The van der Waals surface area contributed by atoms with Crippen molar-refractivity contribution in [2.75, 3.05) is 13.7 Å². The summed E-state index contributed by atoms with van der Waals surface area (Å²) in [6.07, 6.45) is 0. The predicted molar refractivity (Wildman–Crippen MR) is 94.3 cm³/mol. The highest BCUT2D eigenvalue weighted by Gasteiger charge is 2.12. The number of hydrogen-bond donors (Lipinski definition) is 1. The number of esters is 1. The number of carbonyl (C=O) groups excluding carboxylic acids is 2. The Bertz CT molecular complexity index is 751. The molecular formula is C17H15BrClNO4. The molecular weight excluding hydrogens is 398 g/mol. The zero-order valence-electron chi connectivity index (χ0n) is 12.8. The minimum Gasteiger partial charge on any atom is -0.496 e. The molecule has 1 amide bonds. The molecule has 0 bridgehead atoms. The van der Waals surface area contributed by atoms with Gasteiger partial charge in [-0.3, -0.25) is 4.79 Å². The van der Waals surface area contributed by atoms with Gasteiger partial charge in [0.1, 0.15) is 5.75 Å². The van der Waals surface area contributed by atoms with Crippen LogP contribution in [-0.4, -0.2) is 25.6 Å². The van der Waals surface area contributed by atoms with Crippen molar-refractivity contribution < 1.29 is 19.1 Å². The summed E-state index contributed by atoms with van der Waals surface area (Å²) in [5.41, 5.74) is 1.11. The third kappa shape index (κ3) is 4.97. The third-order valence-corrected chi connectivity index (χ3v) is 4.14. The summed E-state index contributed by atoms with van der Waals surface area (Å²) in [5, 5.41) is 3.21. The van der Waals surface area contributed by atoms with Crippen molar-refractivity contribution in [3.63, 3.8) is 0 Å². The van der Waals surface area contributed by atoms with Crippen LogP contribution in [0.5, 0.6) is 5.75 Å². The highest BCUT2D eigenvalue weighted by atomic mass is 79.9. The molecule has 0 aliphatic rings. The summed E-state index contributed by atoms with van der Waals surface area (Å²) < 4.78 is 10.7. The number of methoxy groups -OCH3 is 1. The minimum atomic E-state index is -0.591. The van der Waals surface area contributed by atoms with Crippen LogP contribution >= 0.6 is 27.5 Å². The van der Waals surface area contributed by atoms with Gasteiger partial charge in [0.15, 0.2) is 6.61 Å². The van der Waals surface area contributed by atoms with Gasteiger partial charge in [0.25, 0.3) is 5.91 Å². The van der Waals surface area contributed by atoms with Crippen molar-refractivity contribution in [1.29, 1.82) is 0 Å². The highest BCUT2D eigenvalue weighted by molar-refractivity contribution is 9.10. The number of amides is 1. The molecule has 5 nitrogen and oxygen atoms in total. The van der Waals surface area contributed by atoms with Gasteiger partial charge in [-0.25, -0.2) is 4.79 Å². The molecule has 0 unspecified atom stereocenters. The van der Waals surface area contributed by atoms with Crippen molar-refractivity contribution >= 4 is 39.4 Å². The van der Waals surface area contributed by atoms with E-state index in [0.717, 1.165) is 5.56 Å². The molecule has 2 aromatic carbocycles. The Morgan fingerprint density at radius 1 is 1.21 bits per heavy atom. The SMILES string of the molecule is COc1ccc(C(=O)OCC(=O)NCc2ccccc2Cl)cc1Br. The molecule has 0 aliphatic heterocycles. The molecule has 7 heteroatoms. The first-order valence-corrected chi connectivity index (χ1v) is 8.19. The fourth-order valence-corrected chi connectivity index (χ4v) is 2.64. The average Bonchev–Trinajstić information content (AvgIpc) is 2.58. The van der Waals surface area contributed by atoms with Crippen LogP contribution in [0.2, 0.25) is 5.02 Å². The summed E-state index contributed by atoms with van der Waals surface area (Å²) in [7, 11) is 1.53. The normalized spacial score (nSPS) is 10.1. The molecule has 24 heavy (non-hydrogen) atoms. The second-order valence-electron chi connectivity index (χ2n) is 4.79. The van der Waals surface area contributed by atoms with Crippen molar-refractivity contribution in [3.05, 3.63) is 63.1 Å². The summed E-state index contributed by atoms with van der Waals surface area (Å²) >= 11 is 9.29. The molecule has 2 aromatic rings. The van der Waals surface area contributed by atoms with E-state index in [0.29, 0.717) is 20.8 Å². The number of hydrogen-bond acceptors (Lipinski definition) is 4. The van der Waals surface area contributed by atoms with E-state index in [4.69, 9.17) is 21.1 Å². The van der Waals surface area contributed by atoms with Gasteiger partial charge in [0.05, 0.1) is 17.1 Å². The van der Waals surface area contributed by atoms with Crippen molar-refractivity contribution in [2.45, 2.75) is 6.54 Å². The van der Waals surface area contributed by atoms with Crippen LogP contribution in [0.15, 0.2) is 46.9 Å². The van der Waals surface area contributed by atoms with E-state index in [-0.39, 0.29) is 13.2 Å². The monoisotopic (exact) mass is 411 g/mol. The molecule has 0 radical (unpaired) electrons. The quantitative estimate of drug-likeness (QED) is 0.737. The van der Waals surface area contributed by atoms with Crippen LogP contribution in [0.1, 0.15) is 15.9 Å². The highest BCUT2D eigenvalue weighted by Crippen LogP contribution is 2.25. The largest absolute Gasteiger partial charge is 0.496 e. The Balaban J connectivity index is 1.84. The lowest BCUT2D eigenvalue weighted by molar-refractivity contribution is -0.124. The fourth-order valence-electron chi connectivity index (χ4n) is 1.89. The van der Waals surface area contributed by atoms with E-state index in [9.17, 15) is 9.59 Å². The van der Waals surface area contributed by atoms with E-state index in [1.54, 1.807) is 24.3 Å². The van der Waals surface area contributed by atoms with Crippen LogP contribution in [-0.2, 0) is 16.1 Å². The number of halogens is 2. The van der Waals surface area contributed by atoms with Crippen molar-refractivity contribution in [2.24, 2.45) is 0 Å². The maximum Gasteiger partial charge on any atom is 0.338 e. The average molecular weight is 413 g/mol. The number of ether oxygens (including phenoxy) is 2. The van der Waals surface area contributed by atoms with Gasteiger partial charge in [-0.1, -0.05) is 29.8 Å². The van der Waals surface area contributed by atoms with Crippen molar-refractivity contribution in [3.8, 4) is 5.75 Å². The Labute approximate surface area is 153 Å².